The van der Waals surface area contributed by atoms with Crippen LogP contribution in [0.25, 0.3) is 0 Å². The number of carbonyl (C=O) groups is 2. The van der Waals surface area contributed by atoms with E-state index >= 15 is 0 Å². The van der Waals surface area contributed by atoms with E-state index in [0.717, 1.165) is 36.5 Å². The van der Waals surface area contributed by atoms with Gasteiger partial charge < -0.3 is 19.5 Å². The fourth-order valence-electron chi connectivity index (χ4n) is 3.25. The zero-order chi connectivity index (χ0) is 20.3. The lowest BCUT2D eigenvalue weighted by Crippen LogP contribution is -2.29. The van der Waals surface area contributed by atoms with Gasteiger partial charge in [0, 0.05) is 29.6 Å². The average Bonchev–Trinajstić information content (AvgIpc) is 3.09. The number of benzene rings is 1. The predicted octanol–water partition coefficient (Wildman–Crippen LogP) is 3.60. The first-order valence-corrected chi connectivity index (χ1v) is 9.82. The molecule has 1 amide bonds. The van der Waals surface area contributed by atoms with Crippen LogP contribution in [0.3, 0.4) is 0 Å². The highest BCUT2D eigenvalue weighted by atomic mass is 35.5. The number of anilines is 1. The molecular weight excluding hydrogens is 416 g/mol. The molecule has 158 valence electrons. The van der Waals surface area contributed by atoms with Crippen LogP contribution in [0.2, 0.25) is 0 Å². The Morgan fingerprint density at radius 2 is 1.79 bits per heavy atom. The minimum atomic E-state index is -0.430. The smallest absolute Gasteiger partial charge is 0.341 e. The van der Waals surface area contributed by atoms with E-state index in [0.29, 0.717) is 27.6 Å². The number of nitrogens with one attached hydrogen (secondary N) is 1. The van der Waals surface area contributed by atoms with E-state index in [1.165, 1.54) is 32.7 Å². The Balaban J connectivity index is 0.00000300. The third kappa shape index (κ3) is 4.83. The van der Waals surface area contributed by atoms with Gasteiger partial charge in [0.15, 0.2) is 0 Å². The summed E-state index contributed by atoms with van der Waals surface area (Å²) < 4.78 is 15.4. The Morgan fingerprint density at radius 1 is 1.14 bits per heavy atom. The van der Waals surface area contributed by atoms with Crippen molar-refractivity contribution in [1.82, 2.24) is 4.90 Å². The standard InChI is InChI=1S/C20H24N2O5S.ClH/c1-5-22-7-6-15-16(11-22)28-19(17(15)20(24)27-4)21-18(23)12-8-13(25-2)10-14(9-12)26-3;/h8-10H,5-7,11H2,1-4H3,(H,21,23);1H. The number of ether oxygens (including phenoxy) is 3. The van der Waals surface area contributed by atoms with Gasteiger partial charge in [-0.1, -0.05) is 6.92 Å². The van der Waals surface area contributed by atoms with Gasteiger partial charge in [-0.2, -0.15) is 0 Å². The molecule has 0 aliphatic carbocycles. The highest BCUT2D eigenvalue weighted by Crippen LogP contribution is 2.38. The summed E-state index contributed by atoms with van der Waals surface area (Å²) in [6.07, 6.45) is 0.757. The second-order valence-electron chi connectivity index (χ2n) is 6.37. The molecule has 3 rings (SSSR count). The number of hydrogen-bond acceptors (Lipinski definition) is 7. The molecule has 2 aromatic rings. The molecule has 0 radical (unpaired) electrons. The van der Waals surface area contributed by atoms with E-state index in [1.54, 1.807) is 18.2 Å². The Hall–Kier alpha value is -2.29. The molecule has 0 bridgehead atoms. The number of amides is 1. The molecule has 1 aliphatic heterocycles. The number of rotatable bonds is 6. The van der Waals surface area contributed by atoms with Gasteiger partial charge in [0.2, 0.25) is 0 Å². The van der Waals surface area contributed by atoms with E-state index in [-0.39, 0.29) is 18.3 Å². The van der Waals surface area contributed by atoms with Crippen LogP contribution >= 0.6 is 23.7 Å². The van der Waals surface area contributed by atoms with Crippen LogP contribution in [0.1, 0.15) is 38.1 Å². The maximum Gasteiger partial charge on any atom is 0.341 e. The molecule has 1 aromatic heterocycles. The molecule has 0 atom stereocenters. The van der Waals surface area contributed by atoms with Crippen LogP contribution < -0.4 is 14.8 Å². The molecule has 1 aliphatic rings. The van der Waals surface area contributed by atoms with Crippen LogP contribution in [-0.2, 0) is 17.7 Å². The summed E-state index contributed by atoms with van der Waals surface area (Å²) in [4.78, 5) is 28.7. The van der Waals surface area contributed by atoms with Gasteiger partial charge in [0.05, 0.1) is 26.9 Å². The van der Waals surface area contributed by atoms with Crippen molar-refractivity contribution < 1.29 is 23.8 Å². The third-order valence-corrected chi connectivity index (χ3v) is 5.95. The molecule has 0 fully saturated rings. The summed E-state index contributed by atoms with van der Waals surface area (Å²) in [5.74, 6) is 0.262. The van der Waals surface area contributed by atoms with E-state index in [2.05, 4.69) is 17.1 Å². The zero-order valence-electron chi connectivity index (χ0n) is 16.9. The van der Waals surface area contributed by atoms with Crippen molar-refractivity contribution in [2.75, 3.05) is 39.7 Å². The fourth-order valence-corrected chi connectivity index (χ4v) is 4.52. The van der Waals surface area contributed by atoms with Gasteiger partial charge in [-0.25, -0.2) is 4.79 Å². The molecule has 9 heteroatoms. The lowest BCUT2D eigenvalue weighted by Gasteiger charge is -2.25. The Labute approximate surface area is 180 Å². The maximum atomic E-state index is 12.9. The second-order valence-corrected chi connectivity index (χ2v) is 7.48. The number of fused-ring (bicyclic) bond motifs is 1. The van der Waals surface area contributed by atoms with Gasteiger partial charge in [-0.15, -0.1) is 23.7 Å². The van der Waals surface area contributed by atoms with Gasteiger partial charge in [-0.05, 0) is 30.7 Å². The summed E-state index contributed by atoms with van der Waals surface area (Å²) in [5.41, 5.74) is 1.81. The number of nitrogens with zero attached hydrogens (tertiary/aromatic N) is 1. The molecule has 0 spiro atoms. The highest BCUT2D eigenvalue weighted by molar-refractivity contribution is 7.17. The van der Waals surface area contributed by atoms with Gasteiger partial charge in [-0.3, -0.25) is 9.69 Å². The number of likely N-dealkylation sites (N-methyl/N-ethyl adjacent to an activating group) is 1. The van der Waals surface area contributed by atoms with Crippen LogP contribution in [0, 0.1) is 0 Å². The van der Waals surface area contributed by atoms with Crippen molar-refractivity contribution in [1.29, 1.82) is 0 Å². The Kier molecular flexibility index (Phi) is 7.89. The molecule has 1 N–H and O–H groups in total. The van der Waals surface area contributed by atoms with Crippen molar-refractivity contribution >= 4 is 40.6 Å². The Morgan fingerprint density at radius 3 is 2.34 bits per heavy atom. The SMILES string of the molecule is CCN1CCc2c(sc(NC(=O)c3cc(OC)cc(OC)c3)c2C(=O)OC)C1.Cl. The van der Waals surface area contributed by atoms with Crippen LogP contribution in [0.15, 0.2) is 18.2 Å². The summed E-state index contributed by atoms with van der Waals surface area (Å²) in [6, 6.07) is 4.95. The number of carbonyl (C=O) groups excluding carboxylic acids is 2. The summed E-state index contributed by atoms with van der Waals surface area (Å²) in [7, 11) is 4.41. The molecule has 1 aromatic carbocycles. The summed E-state index contributed by atoms with van der Waals surface area (Å²) in [6.45, 7) is 4.70. The van der Waals surface area contributed by atoms with E-state index in [9.17, 15) is 9.59 Å². The lowest BCUT2D eigenvalue weighted by molar-refractivity contribution is 0.0600. The molecule has 29 heavy (non-hydrogen) atoms. The fraction of sp³-hybridized carbons (Fsp3) is 0.400. The molecule has 0 saturated heterocycles. The number of thiophene rings is 1. The largest absolute Gasteiger partial charge is 0.497 e. The topological polar surface area (TPSA) is 77.1 Å². The zero-order valence-corrected chi connectivity index (χ0v) is 18.5. The molecule has 0 unspecified atom stereocenters. The van der Waals surface area contributed by atoms with Crippen molar-refractivity contribution in [2.45, 2.75) is 19.9 Å². The van der Waals surface area contributed by atoms with Crippen molar-refractivity contribution in [3.8, 4) is 11.5 Å². The predicted molar refractivity (Wildman–Crippen MR) is 115 cm³/mol. The normalized spacial score (nSPS) is 13.1. The quantitative estimate of drug-likeness (QED) is 0.691. The van der Waals surface area contributed by atoms with Gasteiger partial charge >= 0.3 is 5.97 Å². The molecule has 7 nitrogen and oxygen atoms in total. The number of methoxy groups -OCH3 is 3. The minimum Gasteiger partial charge on any atom is -0.497 e. The third-order valence-electron chi connectivity index (χ3n) is 4.81. The first kappa shape index (κ1) is 23.0. The Bertz CT molecular complexity index is 877. The summed E-state index contributed by atoms with van der Waals surface area (Å²) in [5, 5.41) is 3.40. The molecule has 2 heterocycles. The molecule has 0 saturated carbocycles. The van der Waals surface area contributed by atoms with E-state index < -0.39 is 5.97 Å². The number of halogens is 1. The highest BCUT2D eigenvalue weighted by Gasteiger charge is 2.29. The number of hydrogen-bond donors (Lipinski definition) is 1. The maximum absolute atomic E-state index is 12.9. The first-order valence-electron chi connectivity index (χ1n) is 9.00. The van der Waals surface area contributed by atoms with Crippen molar-refractivity contribution in [3.05, 3.63) is 39.8 Å². The number of esters is 1. The summed E-state index contributed by atoms with van der Waals surface area (Å²) >= 11 is 1.43. The van der Waals surface area contributed by atoms with Gasteiger partial charge in [0.1, 0.15) is 16.5 Å². The lowest BCUT2D eigenvalue weighted by atomic mass is 10.0. The van der Waals surface area contributed by atoms with E-state index in [1.807, 2.05) is 0 Å². The van der Waals surface area contributed by atoms with Crippen molar-refractivity contribution in [2.24, 2.45) is 0 Å². The van der Waals surface area contributed by atoms with Crippen LogP contribution in [0.5, 0.6) is 11.5 Å². The second kappa shape index (κ2) is 9.96. The van der Waals surface area contributed by atoms with Crippen molar-refractivity contribution in [3.63, 3.8) is 0 Å². The van der Waals surface area contributed by atoms with Gasteiger partial charge in [0.25, 0.3) is 5.91 Å². The average molecular weight is 441 g/mol. The van der Waals surface area contributed by atoms with Crippen LogP contribution in [0.4, 0.5) is 5.00 Å². The molecular formula is C20H25ClN2O5S. The monoisotopic (exact) mass is 440 g/mol. The van der Waals surface area contributed by atoms with E-state index in [4.69, 9.17) is 14.2 Å². The van der Waals surface area contributed by atoms with Crippen LogP contribution in [-0.4, -0.2) is 51.2 Å². The first-order chi connectivity index (χ1) is 13.5. The minimum absolute atomic E-state index is 0.